The molecule has 1 N–H and O–H groups in total. The molecule has 0 heterocycles. The van der Waals surface area contributed by atoms with E-state index in [9.17, 15) is 35.5 Å². The van der Waals surface area contributed by atoms with E-state index in [2.05, 4.69) is 4.74 Å². The van der Waals surface area contributed by atoms with Crippen LogP contribution < -0.4 is 0 Å². The van der Waals surface area contributed by atoms with Crippen molar-refractivity contribution in [3.8, 4) is 0 Å². The molecule has 0 saturated carbocycles. The Morgan fingerprint density at radius 3 is 1.73 bits per heavy atom. The summed E-state index contributed by atoms with van der Waals surface area (Å²) in [6.45, 7) is 0. The number of carboxylic acids is 1. The Morgan fingerprint density at radius 2 is 1.47 bits per heavy atom. The zero-order chi connectivity index (χ0) is 12.4. The first-order chi connectivity index (χ1) is 6.48. The van der Waals surface area contributed by atoms with Gasteiger partial charge in [0, 0.05) is 0 Å². The van der Waals surface area contributed by atoms with E-state index in [0.717, 1.165) is 0 Å². The van der Waals surface area contributed by atoms with Crippen LogP contribution in [-0.4, -0.2) is 23.4 Å². The molecule has 15 heavy (non-hydrogen) atoms. The lowest BCUT2D eigenvalue weighted by Crippen LogP contribution is -2.31. The van der Waals surface area contributed by atoms with E-state index >= 15 is 0 Å². The monoisotopic (exact) mass is 242 g/mol. The van der Waals surface area contributed by atoms with Crippen LogP contribution in [0.5, 0.6) is 0 Å². The van der Waals surface area contributed by atoms with Crippen molar-refractivity contribution in [2.45, 2.75) is 12.3 Å². The van der Waals surface area contributed by atoms with E-state index in [1.807, 2.05) is 0 Å². The predicted molar refractivity (Wildman–Crippen MR) is 29.0 cm³/mol. The summed E-state index contributed by atoms with van der Waals surface area (Å²) >= 11 is 0. The molecule has 88 valence electrons. The summed E-state index contributed by atoms with van der Waals surface area (Å²) in [5.41, 5.74) is 0. The zero-order valence-electron chi connectivity index (χ0n) is 6.41. The smallest absolute Gasteiger partial charge is 0.474 e. The Balaban J connectivity index is 4.91. The van der Waals surface area contributed by atoms with Gasteiger partial charge in [0.1, 0.15) is 0 Å². The Bertz CT molecular complexity index is 291. The van der Waals surface area contributed by atoms with Crippen molar-refractivity contribution in [3.05, 3.63) is 11.8 Å². The highest BCUT2D eigenvalue weighted by Gasteiger charge is 2.47. The summed E-state index contributed by atoms with van der Waals surface area (Å²) in [7, 11) is 0. The van der Waals surface area contributed by atoms with Crippen LogP contribution in [-0.2, 0) is 9.53 Å². The summed E-state index contributed by atoms with van der Waals surface area (Å²) in [6, 6.07) is -3.35. The van der Waals surface area contributed by atoms with Gasteiger partial charge in [-0.3, -0.25) is 0 Å². The Labute approximate surface area is 76.7 Å². The van der Waals surface area contributed by atoms with Gasteiger partial charge < -0.3 is 9.84 Å². The molecule has 10 heteroatoms. The van der Waals surface area contributed by atoms with Crippen LogP contribution in [0.25, 0.3) is 0 Å². The number of halogens is 7. The summed E-state index contributed by atoms with van der Waals surface area (Å²) in [6.07, 6.45) is -11.2. The molecule has 0 aromatic rings. The van der Waals surface area contributed by atoms with Gasteiger partial charge in [0.2, 0.25) is 0 Å². The van der Waals surface area contributed by atoms with E-state index in [4.69, 9.17) is 5.11 Å². The van der Waals surface area contributed by atoms with Gasteiger partial charge in [0.05, 0.1) is 0 Å². The average Bonchev–Trinajstić information content (AvgIpc) is 2.00. The van der Waals surface area contributed by atoms with Crippen LogP contribution in [0.15, 0.2) is 11.8 Å². The number of hydrogen-bond acceptors (Lipinski definition) is 2. The summed E-state index contributed by atoms with van der Waals surface area (Å²) < 4.78 is 84.0. The largest absolute Gasteiger partial charge is 0.503 e. The molecular weight excluding hydrogens is 241 g/mol. The molecule has 0 aliphatic carbocycles. The molecule has 0 atom stereocenters. The van der Waals surface area contributed by atoms with Gasteiger partial charge in [0.15, 0.2) is 0 Å². The standard InChI is InChI=1S/C5HF7O3/c6-1(4(8,9)10)2(7)15-5(11,12)3(13)14/h(H,13,14)/b2-1-. The first-order valence-corrected chi connectivity index (χ1v) is 2.91. The van der Waals surface area contributed by atoms with Gasteiger partial charge in [-0.15, -0.1) is 0 Å². The molecule has 0 rings (SSSR count). The van der Waals surface area contributed by atoms with Crippen LogP contribution >= 0.6 is 0 Å². The summed E-state index contributed by atoms with van der Waals surface area (Å²) in [5, 5.41) is 7.61. The minimum Gasteiger partial charge on any atom is -0.474 e. The maximum Gasteiger partial charge on any atom is 0.503 e. The third kappa shape index (κ3) is 3.64. The molecule has 0 aromatic heterocycles. The number of rotatable bonds is 3. The fourth-order valence-electron chi connectivity index (χ4n) is 0.312. The topological polar surface area (TPSA) is 46.5 Å². The minimum absolute atomic E-state index is 2.37. The predicted octanol–water partition coefficient (Wildman–Crippen LogP) is 2.35. The minimum atomic E-state index is -5.88. The molecule has 0 aliphatic rings. The third-order valence-electron chi connectivity index (χ3n) is 0.888. The van der Waals surface area contributed by atoms with Crippen LogP contribution in [0.4, 0.5) is 30.7 Å². The first-order valence-electron chi connectivity index (χ1n) is 2.91. The van der Waals surface area contributed by atoms with Gasteiger partial charge in [-0.05, 0) is 0 Å². The van der Waals surface area contributed by atoms with Crippen LogP contribution in [0.2, 0.25) is 0 Å². The highest BCUT2D eigenvalue weighted by Crippen LogP contribution is 2.32. The fraction of sp³-hybridized carbons (Fsp3) is 0.400. The highest BCUT2D eigenvalue weighted by molar-refractivity contribution is 5.73. The second-order valence-electron chi connectivity index (χ2n) is 2.01. The summed E-state index contributed by atoms with van der Waals surface area (Å²) in [5.74, 6) is -6.64. The van der Waals surface area contributed by atoms with Gasteiger partial charge in [-0.25, -0.2) is 4.79 Å². The zero-order valence-corrected chi connectivity index (χ0v) is 6.41. The SMILES string of the molecule is O=C(O)C(F)(F)O/C(F)=C(\F)C(F)(F)F. The number of aliphatic carboxylic acids is 1. The van der Waals surface area contributed by atoms with Gasteiger partial charge >= 0.3 is 24.3 Å². The van der Waals surface area contributed by atoms with Crippen molar-refractivity contribution < 1.29 is 45.4 Å². The number of hydrogen-bond donors (Lipinski definition) is 1. The molecule has 3 nitrogen and oxygen atoms in total. The molecule has 0 spiro atoms. The average molecular weight is 242 g/mol. The Morgan fingerprint density at radius 1 is 1.07 bits per heavy atom. The number of carbonyl (C=O) groups is 1. The van der Waals surface area contributed by atoms with Gasteiger partial charge in [0.25, 0.3) is 5.83 Å². The van der Waals surface area contributed by atoms with E-state index in [0.29, 0.717) is 0 Å². The lowest BCUT2D eigenvalue weighted by atomic mass is 10.5. The number of ether oxygens (including phenoxy) is 1. The van der Waals surface area contributed by atoms with Gasteiger partial charge in [-0.2, -0.15) is 30.7 Å². The molecule has 0 fully saturated rings. The van der Waals surface area contributed by atoms with E-state index in [-0.39, 0.29) is 0 Å². The van der Waals surface area contributed by atoms with E-state index in [1.54, 1.807) is 0 Å². The van der Waals surface area contributed by atoms with Crippen molar-refractivity contribution in [1.82, 2.24) is 0 Å². The normalized spacial score (nSPS) is 14.6. The molecule has 0 amide bonds. The molecule has 0 bridgehead atoms. The number of alkyl halides is 5. The maximum absolute atomic E-state index is 12.0. The fourth-order valence-corrected chi connectivity index (χ4v) is 0.312. The lowest BCUT2D eigenvalue weighted by Gasteiger charge is -2.12. The second-order valence-corrected chi connectivity index (χ2v) is 2.01. The van der Waals surface area contributed by atoms with Crippen LogP contribution in [0, 0.1) is 0 Å². The van der Waals surface area contributed by atoms with Crippen molar-refractivity contribution >= 4 is 5.97 Å². The maximum atomic E-state index is 12.0. The number of carboxylic acid groups (broad SMARTS) is 1. The van der Waals surface area contributed by atoms with Crippen molar-refractivity contribution in [1.29, 1.82) is 0 Å². The van der Waals surface area contributed by atoms with Crippen molar-refractivity contribution in [2.24, 2.45) is 0 Å². The third-order valence-corrected chi connectivity index (χ3v) is 0.888. The van der Waals surface area contributed by atoms with Gasteiger partial charge in [-0.1, -0.05) is 0 Å². The van der Waals surface area contributed by atoms with Crippen LogP contribution in [0.1, 0.15) is 0 Å². The molecule has 0 aliphatic heterocycles. The number of allylic oxidation sites excluding steroid dienone is 1. The van der Waals surface area contributed by atoms with E-state index in [1.165, 1.54) is 0 Å². The molecule has 0 unspecified atom stereocenters. The van der Waals surface area contributed by atoms with E-state index < -0.39 is 30.1 Å². The summed E-state index contributed by atoms with van der Waals surface area (Å²) in [4.78, 5) is 9.56. The Hall–Kier alpha value is -1.48. The second kappa shape index (κ2) is 3.95. The highest BCUT2D eigenvalue weighted by atomic mass is 19.4. The Kier molecular flexibility index (Phi) is 3.56. The molecule has 0 radical (unpaired) electrons. The quantitative estimate of drug-likeness (QED) is 0.610. The van der Waals surface area contributed by atoms with Crippen LogP contribution in [0.3, 0.4) is 0 Å². The molecule has 0 aromatic carbocycles. The van der Waals surface area contributed by atoms with Crippen molar-refractivity contribution in [2.75, 3.05) is 0 Å². The van der Waals surface area contributed by atoms with Crippen molar-refractivity contribution in [3.63, 3.8) is 0 Å². The molecule has 0 saturated heterocycles. The lowest BCUT2D eigenvalue weighted by molar-refractivity contribution is -0.241. The first kappa shape index (κ1) is 13.5. The molecular formula is C5HF7O3.